The van der Waals surface area contributed by atoms with E-state index >= 15 is 0 Å². The third kappa shape index (κ3) is 3.71. The number of halogens is 1. The molecule has 1 aromatic heterocycles. The Bertz CT molecular complexity index is 701. The number of hydrogen-bond donors (Lipinski definition) is 1. The quantitative estimate of drug-likeness (QED) is 0.927. The van der Waals surface area contributed by atoms with Gasteiger partial charge in [0.25, 0.3) is 0 Å². The van der Waals surface area contributed by atoms with Crippen LogP contribution < -0.4 is 5.32 Å². The van der Waals surface area contributed by atoms with E-state index in [0.717, 1.165) is 11.4 Å². The molecule has 0 aliphatic carbocycles. The molecule has 128 valence electrons. The maximum absolute atomic E-state index is 12.7. The fourth-order valence-electron chi connectivity index (χ4n) is 2.83. The summed E-state index contributed by atoms with van der Waals surface area (Å²) in [7, 11) is 1.91. The molecule has 0 spiro atoms. The SMILES string of the molecule is CC1CN(C(=O)NC(c2ccc(Cl)cc2)c2nccn2C)CCO1. The van der Waals surface area contributed by atoms with E-state index in [1.54, 1.807) is 11.1 Å². The zero-order valence-electron chi connectivity index (χ0n) is 13.8. The molecule has 1 aromatic carbocycles. The summed E-state index contributed by atoms with van der Waals surface area (Å²) in [6.07, 6.45) is 3.63. The Kier molecular flexibility index (Phi) is 5.06. The molecular formula is C17H21ClN4O2. The summed E-state index contributed by atoms with van der Waals surface area (Å²) in [5, 5.41) is 3.75. The van der Waals surface area contributed by atoms with E-state index in [2.05, 4.69) is 10.3 Å². The van der Waals surface area contributed by atoms with Crippen molar-refractivity contribution in [3.05, 3.63) is 53.1 Å². The van der Waals surface area contributed by atoms with Crippen LogP contribution in [-0.2, 0) is 11.8 Å². The highest BCUT2D eigenvalue weighted by molar-refractivity contribution is 6.30. The maximum Gasteiger partial charge on any atom is 0.318 e. The van der Waals surface area contributed by atoms with Crippen LogP contribution in [0.1, 0.15) is 24.4 Å². The summed E-state index contributed by atoms with van der Waals surface area (Å²) in [5.74, 6) is 0.770. The van der Waals surface area contributed by atoms with Crippen molar-refractivity contribution in [1.29, 1.82) is 0 Å². The molecule has 2 amide bonds. The number of aromatic nitrogens is 2. The van der Waals surface area contributed by atoms with Gasteiger partial charge in [0.05, 0.1) is 12.7 Å². The van der Waals surface area contributed by atoms with E-state index in [4.69, 9.17) is 16.3 Å². The number of hydrogen-bond acceptors (Lipinski definition) is 3. The number of aryl methyl sites for hydroxylation is 1. The van der Waals surface area contributed by atoms with Gasteiger partial charge in [0.2, 0.25) is 0 Å². The molecule has 1 aliphatic rings. The number of rotatable bonds is 3. The second kappa shape index (κ2) is 7.23. The minimum absolute atomic E-state index is 0.0478. The van der Waals surface area contributed by atoms with Crippen molar-refractivity contribution in [2.75, 3.05) is 19.7 Å². The third-order valence-corrected chi connectivity index (χ3v) is 4.37. The van der Waals surface area contributed by atoms with Crippen LogP contribution >= 0.6 is 11.6 Å². The van der Waals surface area contributed by atoms with Gasteiger partial charge in [-0.2, -0.15) is 0 Å². The molecular weight excluding hydrogens is 328 g/mol. The molecule has 2 atom stereocenters. The number of nitrogens with one attached hydrogen (secondary N) is 1. The molecule has 6 nitrogen and oxygen atoms in total. The largest absolute Gasteiger partial charge is 0.375 e. The van der Waals surface area contributed by atoms with Crippen molar-refractivity contribution in [2.45, 2.75) is 19.1 Å². The van der Waals surface area contributed by atoms with Crippen molar-refractivity contribution >= 4 is 17.6 Å². The lowest BCUT2D eigenvalue weighted by Gasteiger charge is -2.32. The topological polar surface area (TPSA) is 59.4 Å². The standard InChI is InChI=1S/C17H21ClN4O2/c1-12-11-22(9-10-24-12)17(23)20-15(16-19-7-8-21(16)2)13-3-5-14(18)6-4-13/h3-8,12,15H,9-11H2,1-2H3,(H,20,23). The minimum Gasteiger partial charge on any atom is -0.375 e. The lowest BCUT2D eigenvalue weighted by Crippen LogP contribution is -2.50. The summed E-state index contributed by atoms with van der Waals surface area (Å²) >= 11 is 5.99. The predicted octanol–water partition coefficient (Wildman–Crippen LogP) is 2.59. The minimum atomic E-state index is -0.340. The molecule has 0 radical (unpaired) electrons. The molecule has 24 heavy (non-hydrogen) atoms. The molecule has 2 aromatic rings. The summed E-state index contributed by atoms with van der Waals surface area (Å²) in [6, 6.07) is 6.99. The normalized spacial score (nSPS) is 19.1. The first kappa shape index (κ1) is 16.8. The monoisotopic (exact) mass is 348 g/mol. The Labute approximate surface area is 146 Å². The first-order valence-electron chi connectivity index (χ1n) is 7.94. The van der Waals surface area contributed by atoms with Crippen LogP contribution in [0.5, 0.6) is 0 Å². The van der Waals surface area contributed by atoms with Crippen molar-refractivity contribution in [3.63, 3.8) is 0 Å². The molecule has 1 saturated heterocycles. The lowest BCUT2D eigenvalue weighted by atomic mass is 10.1. The van der Waals surface area contributed by atoms with Gasteiger partial charge in [0.1, 0.15) is 11.9 Å². The predicted molar refractivity (Wildman–Crippen MR) is 92.0 cm³/mol. The smallest absolute Gasteiger partial charge is 0.318 e. The summed E-state index contributed by atoms with van der Waals surface area (Å²) in [5.41, 5.74) is 0.934. The number of morpholine rings is 1. The number of imidazole rings is 1. The van der Waals surface area contributed by atoms with Gasteiger partial charge in [-0.1, -0.05) is 23.7 Å². The van der Waals surface area contributed by atoms with E-state index in [-0.39, 0.29) is 18.2 Å². The summed E-state index contributed by atoms with van der Waals surface area (Å²) in [6.45, 7) is 3.70. The van der Waals surface area contributed by atoms with E-state index in [1.165, 1.54) is 0 Å². The zero-order chi connectivity index (χ0) is 17.1. The molecule has 3 rings (SSSR count). The van der Waals surface area contributed by atoms with Crippen LogP contribution in [0.4, 0.5) is 4.79 Å². The third-order valence-electron chi connectivity index (χ3n) is 4.12. The first-order chi connectivity index (χ1) is 11.5. The van der Waals surface area contributed by atoms with Crippen LogP contribution in [0.3, 0.4) is 0 Å². The van der Waals surface area contributed by atoms with Gasteiger partial charge < -0.3 is 19.5 Å². The van der Waals surface area contributed by atoms with Crippen molar-refractivity contribution in [1.82, 2.24) is 19.8 Å². The van der Waals surface area contributed by atoms with Crippen molar-refractivity contribution < 1.29 is 9.53 Å². The average molecular weight is 349 g/mol. The average Bonchev–Trinajstić information content (AvgIpc) is 2.99. The Hall–Kier alpha value is -2.05. The van der Waals surface area contributed by atoms with Crippen molar-refractivity contribution in [3.8, 4) is 0 Å². The Morgan fingerprint density at radius 2 is 2.17 bits per heavy atom. The number of carbonyl (C=O) groups excluding carboxylic acids is 1. The highest BCUT2D eigenvalue weighted by Gasteiger charge is 2.26. The van der Waals surface area contributed by atoms with E-state index in [0.29, 0.717) is 24.7 Å². The van der Waals surface area contributed by atoms with E-state index < -0.39 is 0 Å². The lowest BCUT2D eigenvalue weighted by molar-refractivity contribution is -0.00376. The maximum atomic E-state index is 12.7. The zero-order valence-corrected chi connectivity index (χ0v) is 14.5. The molecule has 0 bridgehead atoms. The molecule has 0 saturated carbocycles. The van der Waals surface area contributed by atoms with Gasteiger partial charge in [-0.3, -0.25) is 0 Å². The fraction of sp³-hybridized carbons (Fsp3) is 0.412. The fourth-order valence-corrected chi connectivity index (χ4v) is 2.95. The molecule has 2 heterocycles. The van der Waals surface area contributed by atoms with Crippen LogP contribution in [0.15, 0.2) is 36.7 Å². The van der Waals surface area contributed by atoms with Gasteiger partial charge in [-0.15, -0.1) is 0 Å². The summed E-state index contributed by atoms with van der Waals surface area (Å²) < 4.78 is 7.40. The van der Waals surface area contributed by atoms with Gasteiger partial charge in [-0.05, 0) is 24.6 Å². The van der Waals surface area contributed by atoms with Gasteiger partial charge in [0.15, 0.2) is 0 Å². The molecule has 1 fully saturated rings. The van der Waals surface area contributed by atoms with Crippen LogP contribution in [-0.4, -0.2) is 46.3 Å². The van der Waals surface area contributed by atoms with Gasteiger partial charge in [-0.25, -0.2) is 9.78 Å². The Morgan fingerprint density at radius 1 is 1.42 bits per heavy atom. The highest BCUT2D eigenvalue weighted by atomic mass is 35.5. The Morgan fingerprint density at radius 3 is 2.79 bits per heavy atom. The number of ether oxygens (including phenoxy) is 1. The van der Waals surface area contributed by atoms with Crippen LogP contribution in [0.25, 0.3) is 0 Å². The molecule has 7 heteroatoms. The Balaban J connectivity index is 1.84. The summed E-state index contributed by atoms with van der Waals surface area (Å²) in [4.78, 5) is 18.9. The van der Waals surface area contributed by atoms with E-state index in [9.17, 15) is 4.79 Å². The number of benzene rings is 1. The second-order valence-electron chi connectivity index (χ2n) is 5.96. The first-order valence-corrected chi connectivity index (χ1v) is 8.32. The number of amides is 2. The van der Waals surface area contributed by atoms with Crippen LogP contribution in [0.2, 0.25) is 5.02 Å². The second-order valence-corrected chi connectivity index (χ2v) is 6.39. The molecule has 1 N–H and O–H groups in total. The number of urea groups is 1. The molecule has 2 unspecified atom stereocenters. The molecule has 1 aliphatic heterocycles. The number of nitrogens with zero attached hydrogens (tertiary/aromatic N) is 3. The van der Waals surface area contributed by atoms with Gasteiger partial charge >= 0.3 is 6.03 Å². The van der Waals surface area contributed by atoms with Crippen LogP contribution in [0, 0.1) is 0 Å². The van der Waals surface area contributed by atoms with Gasteiger partial charge in [0, 0.05) is 37.6 Å². The van der Waals surface area contributed by atoms with Crippen molar-refractivity contribution in [2.24, 2.45) is 7.05 Å². The number of carbonyl (C=O) groups is 1. The highest BCUT2D eigenvalue weighted by Crippen LogP contribution is 2.23. The van der Waals surface area contributed by atoms with E-state index in [1.807, 2.05) is 49.0 Å².